The van der Waals surface area contributed by atoms with Crippen LogP contribution in [0.15, 0.2) is 0 Å². The highest BCUT2D eigenvalue weighted by Crippen LogP contribution is 2.31. The lowest BCUT2D eigenvalue weighted by Crippen LogP contribution is -2.48. The first kappa shape index (κ1) is 13.8. The molecular weight excluding hydrogens is 252 g/mol. The van der Waals surface area contributed by atoms with Crippen molar-refractivity contribution in [1.82, 2.24) is 9.62 Å². The number of piperidine rings is 1. The minimum absolute atomic E-state index is 0.0133. The van der Waals surface area contributed by atoms with Crippen LogP contribution in [0.2, 0.25) is 0 Å². The quantitative estimate of drug-likeness (QED) is 0.821. The normalized spacial score (nSPS) is 22.5. The smallest absolute Gasteiger partial charge is 0.225 e. The molecule has 6 heteroatoms. The zero-order chi connectivity index (χ0) is 13.3. The maximum Gasteiger partial charge on any atom is 0.225 e. The van der Waals surface area contributed by atoms with E-state index in [4.69, 9.17) is 0 Å². The number of nitrogens with zero attached hydrogens (tertiary/aromatic N) is 1. The van der Waals surface area contributed by atoms with Gasteiger partial charge in [-0.05, 0) is 39.5 Å². The van der Waals surface area contributed by atoms with Gasteiger partial charge in [-0.15, -0.1) is 0 Å². The molecule has 1 heterocycles. The van der Waals surface area contributed by atoms with E-state index in [9.17, 15) is 13.2 Å². The lowest BCUT2D eigenvalue weighted by molar-refractivity contribution is -0.133. The van der Waals surface area contributed by atoms with Crippen LogP contribution in [0.25, 0.3) is 0 Å². The first-order chi connectivity index (χ1) is 8.40. The van der Waals surface area contributed by atoms with Gasteiger partial charge in [0, 0.05) is 25.0 Å². The van der Waals surface area contributed by atoms with E-state index in [1.165, 1.54) is 0 Å². The number of carbonyl (C=O) groups is 1. The van der Waals surface area contributed by atoms with Gasteiger partial charge in [-0.25, -0.2) is 13.1 Å². The molecule has 1 aliphatic carbocycles. The maximum absolute atomic E-state index is 11.8. The summed E-state index contributed by atoms with van der Waals surface area (Å²) in [5.41, 5.74) is 0. The van der Waals surface area contributed by atoms with E-state index in [1.807, 2.05) is 4.90 Å². The summed E-state index contributed by atoms with van der Waals surface area (Å²) in [7, 11) is -3.19. The first-order valence-electron chi connectivity index (χ1n) is 6.70. The summed E-state index contributed by atoms with van der Waals surface area (Å²) in [6.45, 7) is 4.71. The van der Waals surface area contributed by atoms with Gasteiger partial charge in [0.25, 0.3) is 0 Å². The van der Waals surface area contributed by atoms with Crippen molar-refractivity contribution in [3.63, 3.8) is 0 Å². The zero-order valence-corrected chi connectivity index (χ0v) is 11.9. The Balaban J connectivity index is 1.81. The van der Waals surface area contributed by atoms with Crippen LogP contribution in [0.4, 0.5) is 0 Å². The molecule has 1 N–H and O–H groups in total. The molecule has 0 aromatic rings. The average molecular weight is 274 g/mol. The van der Waals surface area contributed by atoms with Crippen molar-refractivity contribution in [3.05, 3.63) is 0 Å². The lowest BCUT2D eigenvalue weighted by Gasteiger charge is -2.32. The van der Waals surface area contributed by atoms with Crippen LogP contribution >= 0.6 is 0 Å². The van der Waals surface area contributed by atoms with E-state index in [-0.39, 0.29) is 17.9 Å². The molecule has 0 aromatic heterocycles. The summed E-state index contributed by atoms with van der Waals surface area (Å²) in [5.74, 6) is 0.522. The Morgan fingerprint density at radius 2 is 1.72 bits per heavy atom. The number of amides is 1. The van der Waals surface area contributed by atoms with Crippen LogP contribution in [0.1, 0.15) is 39.5 Å². The van der Waals surface area contributed by atoms with Crippen LogP contribution in [0.3, 0.4) is 0 Å². The number of nitrogens with one attached hydrogen (secondary N) is 1. The molecule has 0 aromatic carbocycles. The van der Waals surface area contributed by atoms with Crippen molar-refractivity contribution >= 4 is 15.9 Å². The molecular formula is C12H22N2O3S. The fourth-order valence-corrected chi connectivity index (χ4v) is 3.15. The van der Waals surface area contributed by atoms with Crippen molar-refractivity contribution in [3.8, 4) is 0 Å². The average Bonchev–Trinajstić information content (AvgIpc) is 3.12. The van der Waals surface area contributed by atoms with Gasteiger partial charge in [0.2, 0.25) is 15.9 Å². The Labute approximate surface area is 109 Å². The van der Waals surface area contributed by atoms with Crippen molar-refractivity contribution in [2.45, 2.75) is 50.8 Å². The minimum Gasteiger partial charge on any atom is -0.342 e. The molecule has 0 radical (unpaired) electrons. The Kier molecular flexibility index (Phi) is 3.96. The predicted molar refractivity (Wildman–Crippen MR) is 69.5 cm³/mol. The van der Waals surface area contributed by atoms with Gasteiger partial charge in [-0.3, -0.25) is 4.79 Å². The number of hydrogen-bond acceptors (Lipinski definition) is 3. The predicted octanol–water partition coefficient (Wildman–Crippen LogP) is 0.715. The van der Waals surface area contributed by atoms with Crippen molar-refractivity contribution in [2.24, 2.45) is 5.92 Å². The van der Waals surface area contributed by atoms with E-state index in [2.05, 4.69) is 4.72 Å². The monoisotopic (exact) mass is 274 g/mol. The highest BCUT2D eigenvalue weighted by atomic mass is 32.2. The molecule has 1 amide bonds. The van der Waals surface area contributed by atoms with Gasteiger partial charge in [0.15, 0.2) is 0 Å². The standard InChI is InChI=1S/C12H22N2O3S/c1-9(2)18(16,17)13-11-5-7-14(8-6-11)12(15)10-3-4-10/h9-11,13H,3-8H2,1-2H3. The van der Waals surface area contributed by atoms with E-state index in [0.717, 1.165) is 25.7 Å². The summed E-state index contributed by atoms with van der Waals surface area (Å²) < 4.78 is 26.2. The van der Waals surface area contributed by atoms with E-state index >= 15 is 0 Å². The molecule has 104 valence electrons. The zero-order valence-electron chi connectivity index (χ0n) is 11.1. The second-order valence-electron chi connectivity index (χ2n) is 5.59. The third-order valence-corrected chi connectivity index (χ3v) is 5.59. The number of hydrogen-bond donors (Lipinski definition) is 1. The third-order valence-electron chi connectivity index (χ3n) is 3.68. The van der Waals surface area contributed by atoms with Gasteiger partial charge in [0.05, 0.1) is 5.25 Å². The molecule has 2 aliphatic rings. The van der Waals surface area contributed by atoms with Crippen LogP contribution in [-0.4, -0.2) is 43.6 Å². The number of likely N-dealkylation sites (tertiary alicyclic amines) is 1. The number of carbonyl (C=O) groups excluding carboxylic acids is 1. The van der Waals surface area contributed by atoms with Gasteiger partial charge in [-0.2, -0.15) is 0 Å². The molecule has 0 unspecified atom stereocenters. The highest BCUT2D eigenvalue weighted by molar-refractivity contribution is 7.90. The molecule has 18 heavy (non-hydrogen) atoms. The molecule has 0 atom stereocenters. The molecule has 1 saturated carbocycles. The Bertz CT molecular complexity index is 407. The van der Waals surface area contributed by atoms with E-state index in [0.29, 0.717) is 13.1 Å². The summed E-state index contributed by atoms with van der Waals surface area (Å²) in [6, 6.07) is -0.0133. The molecule has 1 saturated heterocycles. The first-order valence-corrected chi connectivity index (χ1v) is 8.24. The molecule has 2 rings (SSSR count). The van der Waals surface area contributed by atoms with E-state index < -0.39 is 15.3 Å². The fourth-order valence-electron chi connectivity index (χ4n) is 2.17. The second-order valence-corrected chi connectivity index (χ2v) is 7.85. The van der Waals surface area contributed by atoms with Gasteiger partial charge in [0.1, 0.15) is 0 Å². The highest BCUT2D eigenvalue weighted by Gasteiger charge is 2.35. The maximum atomic E-state index is 11.8. The Morgan fingerprint density at radius 3 is 2.17 bits per heavy atom. The summed E-state index contributed by atoms with van der Waals surface area (Å²) in [6.07, 6.45) is 3.51. The minimum atomic E-state index is -3.19. The van der Waals surface area contributed by atoms with Crippen LogP contribution in [0.5, 0.6) is 0 Å². The van der Waals surface area contributed by atoms with Crippen LogP contribution < -0.4 is 4.72 Å². The van der Waals surface area contributed by atoms with Gasteiger partial charge < -0.3 is 4.90 Å². The summed E-state index contributed by atoms with van der Waals surface area (Å²) >= 11 is 0. The van der Waals surface area contributed by atoms with Crippen molar-refractivity contribution < 1.29 is 13.2 Å². The van der Waals surface area contributed by atoms with E-state index in [1.54, 1.807) is 13.8 Å². The topological polar surface area (TPSA) is 66.5 Å². The largest absolute Gasteiger partial charge is 0.342 e. The number of sulfonamides is 1. The van der Waals surface area contributed by atoms with Gasteiger partial charge >= 0.3 is 0 Å². The fraction of sp³-hybridized carbons (Fsp3) is 0.917. The lowest BCUT2D eigenvalue weighted by atomic mass is 10.1. The molecule has 0 bridgehead atoms. The molecule has 0 spiro atoms. The van der Waals surface area contributed by atoms with Crippen LogP contribution in [-0.2, 0) is 14.8 Å². The SMILES string of the molecule is CC(C)S(=O)(=O)NC1CCN(C(=O)C2CC2)CC1. The molecule has 5 nitrogen and oxygen atoms in total. The Hall–Kier alpha value is -0.620. The van der Waals surface area contributed by atoms with Crippen LogP contribution in [0, 0.1) is 5.92 Å². The molecule has 2 fully saturated rings. The van der Waals surface area contributed by atoms with Crippen molar-refractivity contribution in [1.29, 1.82) is 0 Å². The van der Waals surface area contributed by atoms with Crippen molar-refractivity contribution in [2.75, 3.05) is 13.1 Å². The third kappa shape index (κ3) is 3.23. The second kappa shape index (κ2) is 5.17. The summed E-state index contributed by atoms with van der Waals surface area (Å²) in [5, 5.41) is -0.399. The molecule has 1 aliphatic heterocycles. The summed E-state index contributed by atoms with van der Waals surface area (Å²) in [4.78, 5) is 13.7. The Morgan fingerprint density at radius 1 is 1.17 bits per heavy atom. The number of rotatable bonds is 4. The van der Waals surface area contributed by atoms with Gasteiger partial charge in [-0.1, -0.05) is 0 Å².